The number of alkyl halides is 1. The van der Waals surface area contributed by atoms with E-state index in [-0.39, 0.29) is 5.38 Å². The average molecular weight is 236 g/mol. The van der Waals surface area contributed by atoms with Crippen LogP contribution in [0.25, 0.3) is 0 Å². The first-order chi connectivity index (χ1) is 7.15. The van der Waals surface area contributed by atoms with Crippen LogP contribution in [-0.4, -0.2) is 31.7 Å². The summed E-state index contributed by atoms with van der Waals surface area (Å²) in [7, 11) is 1.74. The zero-order valence-electron chi connectivity index (χ0n) is 10.6. The number of rotatable bonds is 9. The van der Waals surface area contributed by atoms with E-state index in [2.05, 4.69) is 26.1 Å². The van der Waals surface area contributed by atoms with Crippen LogP contribution in [0.3, 0.4) is 0 Å². The van der Waals surface area contributed by atoms with E-state index in [0.717, 1.165) is 19.6 Å². The molecule has 0 saturated carbocycles. The van der Waals surface area contributed by atoms with Crippen LogP contribution in [0, 0.1) is 5.92 Å². The molecule has 0 radical (unpaired) electrons. The summed E-state index contributed by atoms with van der Waals surface area (Å²) in [4.78, 5) is 0. The van der Waals surface area contributed by atoms with Crippen LogP contribution in [0.5, 0.6) is 0 Å². The fourth-order valence-corrected chi connectivity index (χ4v) is 2.12. The van der Waals surface area contributed by atoms with Crippen molar-refractivity contribution < 1.29 is 4.74 Å². The number of hydrogen-bond donors (Lipinski definition) is 1. The average Bonchev–Trinajstić information content (AvgIpc) is 2.25. The Balaban J connectivity index is 3.63. The third-order valence-electron chi connectivity index (χ3n) is 2.98. The molecule has 0 rings (SSSR count). The number of nitrogens with one attached hydrogen (secondary N) is 1. The normalized spacial score (nSPS) is 15.6. The molecule has 0 aliphatic heterocycles. The van der Waals surface area contributed by atoms with Crippen LogP contribution in [0.1, 0.15) is 40.0 Å². The molecule has 2 unspecified atom stereocenters. The van der Waals surface area contributed by atoms with Crippen LogP contribution in [0.15, 0.2) is 0 Å². The number of halogens is 1. The molecule has 2 atom stereocenters. The van der Waals surface area contributed by atoms with Gasteiger partial charge in [-0.25, -0.2) is 0 Å². The van der Waals surface area contributed by atoms with Crippen molar-refractivity contribution in [3.63, 3.8) is 0 Å². The van der Waals surface area contributed by atoms with Gasteiger partial charge in [-0.15, -0.1) is 11.6 Å². The van der Waals surface area contributed by atoms with Crippen molar-refractivity contribution in [2.24, 2.45) is 5.92 Å². The fraction of sp³-hybridized carbons (Fsp3) is 1.00. The molecule has 0 spiro atoms. The van der Waals surface area contributed by atoms with Crippen molar-refractivity contribution in [1.82, 2.24) is 5.32 Å². The van der Waals surface area contributed by atoms with Gasteiger partial charge in [-0.1, -0.05) is 26.7 Å². The molecule has 0 aromatic rings. The lowest BCUT2D eigenvalue weighted by Gasteiger charge is -2.22. The topological polar surface area (TPSA) is 21.3 Å². The highest BCUT2D eigenvalue weighted by Gasteiger charge is 2.15. The molecular formula is C12H26ClNO. The first-order valence-electron chi connectivity index (χ1n) is 6.02. The van der Waals surface area contributed by atoms with E-state index in [1.54, 1.807) is 7.11 Å². The monoisotopic (exact) mass is 235 g/mol. The molecule has 3 heteroatoms. The van der Waals surface area contributed by atoms with Crippen molar-refractivity contribution in [2.75, 3.05) is 20.3 Å². The Hall–Kier alpha value is 0.210. The van der Waals surface area contributed by atoms with Gasteiger partial charge in [0.25, 0.3) is 0 Å². The summed E-state index contributed by atoms with van der Waals surface area (Å²) in [5.41, 5.74) is 0. The lowest BCUT2D eigenvalue weighted by Crippen LogP contribution is -2.35. The number of methoxy groups -OCH3 is 1. The van der Waals surface area contributed by atoms with Crippen molar-refractivity contribution in [2.45, 2.75) is 51.5 Å². The Morgan fingerprint density at radius 1 is 1.27 bits per heavy atom. The third kappa shape index (κ3) is 7.15. The first kappa shape index (κ1) is 15.2. The summed E-state index contributed by atoms with van der Waals surface area (Å²) in [6, 6.07) is 0.487. The molecule has 1 N–H and O–H groups in total. The summed E-state index contributed by atoms with van der Waals surface area (Å²) in [6.07, 6.45) is 3.38. The molecule has 15 heavy (non-hydrogen) atoms. The van der Waals surface area contributed by atoms with E-state index in [0.29, 0.717) is 12.0 Å². The van der Waals surface area contributed by atoms with E-state index in [1.165, 1.54) is 12.8 Å². The van der Waals surface area contributed by atoms with E-state index in [1.807, 2.05) is 0 Å². The molecule has 0 aromatic heterocycles. The molecule has 0 aliphatic carbocycles. The maximum absolute atomic E-state index is 6.33. The van der Waals surface area contributed by atoms with Gasteiger partial charge in [0.1, 0.15) is 0 Å². The SMILES string of the molecule is CCC(CC)C(Cl)CNC(C)CCOC. The van der Waals surface area contributed by atoms with E-state index in [4.69, 9.17) is 16.3 Å². The zero-order chi connectivity index (χ0) is 11.7. The van der Waals surface area contributed by atoms with Crippen molar-refractivity contribution in [1.29, 1.82) is 0 Å². The van der Waals surface area contributed by atoms with Crippen LogP contribution in [0.4, 0.5) is 0 Å². The molecule has 2 nitrogen and oxygen atoms in total. The zero-order valence-corrected chi connectivity index (χ0v) is 11.3. The number of hydrogen-bond acceptors (Lipinski definition) is 2. The van der Waals surface area contributed by atoms with Gasteiger partial charge in [0.2, 0.25) is 0 Å². The van der Waals surface area contributed by atoms with Gasteiger partial charge >= 0.3 is 0 Å². The standard InChI is InChI=1S/C12H26ClNO/c1-5-11(6-2)12(13)9-14-10(3)7-8-15-4/h10-12,14H,5-9H2,1-4H3. The van der Waals surface area contributed by atoms with Crippen LogP contribution in [-0.2, 0) is 4.74 Å². The fourth-order valence-electron chi connectivity index (χ4n) is 1.68. The molecule has 92 valence electrons. The summed E-state index contributed by atoms with van der Waals surface area (Å²) < 4.78 is 5.04. The molecule has 0 aromatic carbocycles. The second kappa shape index (κ2) is 9.44. The predicted octanol–water partition coefficient (Wildman–Crippen LogP) is 3.04. The van der Waals surface area contributed by atoms with Gasteiger partial charge in [-0.3, -0.25) is 0 Å². The lowest BCUT2D eigenvalue weighted by atomic mass is 9.99. The first-order valence-corrected chi connectivity index (χ1v) is 6.45. The minimum atomic E-state index is 0.255. The van der Waals surface area contributed by atoms with Gasteiger partial charge in [0.15, 0.2) is 0 Å². The second-order valence-corrected chi connectivity index (χ2v) is 4.74. The maximum Gasteiger partial charge on any atom is 0.0488 e. The van der Waals surface area contributed by atoms with Crippen molar-refractivity contribution in [3.8, 4) is 0 Å². The molecule has 0 amide bonds. The summed E-state index contributed by atoms with van der Waals surface area (Å²) in [5.74, 6) is 0.633. The van der Waals surface area contributed by atoms with Gasteiger partial charge in [0, 0.05) is 31.7 Å². The number of ether oxygens (including phenoxy) is 1. The van der Waals surface area contributed by atoms with Gasteiger partial charge in [0.05, 0.1) is 0 Å². The Morgan fingerprint density at radius 2 is 1.87 bits per heavy atom. The lowest BCUT2D eigenvalue weighted by molar-refractivity contribution is 0.184. The highest BCUT2D eigenvalue weighted by molar-refractivity contribution is 6.21. The Morgan fingerprint density at radius 3 is 2.33 bits per heavy atom. The Bertz CT molecular complexity index is 140. The summed E-state index contributed by atoms with van der Waals surface area (Å²) >= 11 is 6.33. The van der Waals surface area contributed by atoms with Crippen LogP contribution >= 0.6 is 11.6 Å². The molecule has 0 aliphatic rings. The summed E-state index contributed by atoms with van der Waals surface area (Å²) in [6.45, 7) is 8.30. The molecule has 0 heterocycles. The maximum atomic E-state index is 6.33. The largest absolute Gasteiger partial charge is 0.385 e. The van der Waals surface area contributed by atoms with Crippen LogP contribution < -0.4 is 5.32 Å². The molecule has 0 saturated heterocycles. The molecule has 0 bridgehead atoms. The summed E-state index contributed by atoms with van der Waals surface area (Å²) in [5, 5.41) is 3.71. The quantitative estimate of drug-likeness (QED) is 0.621. The highest BCUT2D eigenvalue weighted by Crippen LogP contribution is 2.17. The van der Waals surface area contributed by atoms with Gasteiger partial charge in [-0.05, 0) is 19.3 Å². The minimum Gasteiger partial charge on any atom is -0.385 e. The Labute approximate surface area is 99.7 Å². The minimum absolute atomic E-state index is 0.255. The van der Waals surface area contributed by atoms with Gasteiger partial charge in [-0.2, -0.15) is 0 Å². The predicted molar refractivity (Wildman–Crippen MR) is 67.7 cm³/mol. The van der Waals surface area contributed by atoms with E-state index >= 15 is 0 Å². The van der Waals surface area contributed by atoms with Crippen molar-refractivity contribution in [3.05, 3.63) is 0 Å². The second-order valence-electron chi connectivity index (χ2n) is 4.18. The Kier molecular flexibility index (Phi) is 9.57. The van der Waals surface area contributed by atoms with Crippen LogP contribution in [0.2, 0.25) is 0 Å². The highest BCUT2D eigenvalue weighted by atomic mass is 35.5. The van der Waals surface area contributed by atoms with E-state index in [9.17, 15) is 0 Å². The van der Waals surface area contributed by atoms with Crippen molar-refractivity contribution >= 4 is 11.6 Å². The van der Waals surface area contributed by atoms with E-state index < -0.39 is 0 Å². The van der Waals surface area contributed by atoms with Gasteiger partial charge < -0.3 is 10.1 Å². The molecule has 0 fully saturated rings. The smallest absolute Gasteiger partial charge is 0.0488 e. The third-order valence-corrected chi connectivity index (χ3v) is 3.49. The molecular weight excluding hydrogens is 210 g/mol.